The van der Waals surface area contributed by atoms with E-state index in [2.05, 4.69) is 52.6 Å². The Morgan fingerprint density at radius 1 is 1.00 bits per heavy atom. The zero-order chi connectivity index (χ0) is 15.0. The van der Waals surface area contributed by atoms with E-state index in [4.69, 9.17) is 4.74 Å². The van der Waals surface area contributed by atoms with Gasteiger partial charge in [0, 0.05) is 11.8 Å². The summed E-state index contributed by atoms with van der Waals surface area (Å²) in [6.45, 7) is 13.5. The lowest BCUT2D eigenvalue weighted by Gasteiger charge is -2.31. The Hall–Kier alpha value is -1.05. The average molecular weight is 275 g/mol. The molecule has 20 heavy (non-hydrogen) atoms. The molecule has 1 saturated carbocycles. The molecule has 0 aliphatic heterocycles. The van der Waals surface area contributed by atoms with Crippen LogP contribution in [-0.4, -0.2) is 11.1 Å². The molecule has 0 bridgehead atoms. The van der Waals surface area contributed by atoms with Crippen LogP contribution in [0.4, 0.5) is 0 Å². The van der Waals surface area contributed by atoms with E-state index in [0.29, 0.717) is 6.10 Å². The van der Waals surface area contributed by atoms with E-state index in [1.165, 1.54) is 36.8 Å². The summed E-state index contributed by atoms with van der Waals surface area (Å²) < 4.78 is 6.26. The number of pyridine rings is 1. The number of hydrogen-bond acceptors (Lipinski definition) is 2. The maximum atomic E-state index is 6.26. The van der Waals surface area contributed by atoms with Gasteiger partial charge in [0.25, 0.3) is 0 Å². The van der Waals surface area contributed by atoms with Gasteiger partial charge in [0.2, 0.25) is 5.88 Å². The Kier molecular flexibility index (Phi) is 4.13. The van der Waals surface area contributed by atoms with Crippen molar-refractivity contribution in [3.8, 4) is 5.88 Å². The number of ether oxygens (including phenoxy) is 1. The fourth-order valence-corrected chi connectivity index (χ4v) is 3.05. The van der Waals surface area contributed by atoms with E-state index in [9.17, 15) is 0 Å². The molecule has 0 amide bonds. The molecule has 1 aromatic rings. The van der Waals surface area contributed by atoms with Gasteiger partial charge in [-0.2, -0.15) is 0 Å². The molecule has 2 rings (SSSR count). The van der Waals surface area contributed by atoms with E-state index < -0.39 is 0 Å². The molecule has 0 aromatic carbocycles. The van der Waals surface area contributed by atoms with Gasteiger partial charge < -0.3 is 4.74 Å². The van der Waals surface area contributed by atoms with Crippen molar-refractivity contribution in [2.75, 3.05) is 0 Å². The van der Waals surface area contributed by atoms with Crippen molar-refractivity contribution in [1.82, 2.24) is 4.98 Å². The maximum absolute atomic E-state index is 6.26. The zero-order valence-corrected chi connectivity index (χ0v) is 13.9. The topological polar surface area (TPSA) is 22.1 Å². The fourth-order valence-electron chi connectivity index (χ4n) is 3.05. The fraction of sp³-hybridized carbons (Fsp3) is 0.722. The third-order valence-corrected chi connectivity index (χ3v) is 4.05. The van der Waals surface area contributed by atoms with Crippen LogP contribution in [0.2, 0.25) is 0 Å². The molecule has 1 aliphatic carbocycles. The van der Waals surface area contributed by atoms with E-state index >= 15 is 0 Å². The van der Waals surface area contributed by atoms with Crippen LogP contribution < -0.4 is 4.74 Å². The summed E-state index contributed by atoms with van der Waals surface area (Å²) in [5, 5.41) is 0. The predicted octanol–water partition coefficient (Wildman–Crippen LogP) is 5.00. The molecular formula is C18H29NO. The van der Waals surface area contributed by atoms with Gasteiger partial charge in [-0.15, -0.1) is 0 Å². The molecular weight excluding hydrogens is 246 g/mol. The van der Waals surface area contributed by atoms with E-state index in [1.807, 2.05) is 6.20 Å². The van der Waals surface area contributed by atoms with Crippen molar-refractivity contribution in [3.05, 3.63) is 23.4 Å². The van der Waals surface area contributed by atoms with Crippen LogP contribution in [0, 0.1) is 0 Å². The summed E-state index contributed by atoms with van der Waals surface area (Å²) in [5.41, 5.74) is 2.79. The number of nitrogens with zero attached hydrogens (tertiary/aromatic N) is 1. The minimum absolute atomic E-state index is 0.0464. The molecule has 1 aromatic heterocycles. The first-order chi connectivity index (χ1) is 9.19. The summed E-state index contributed by atoms with van der Waals surface area (Å²) in [6, 6.07) is 2.15. The Balaban J connectivity index is 2.45. The first-order valence-corrected chi connectivity index (χ1v) is 7.86. The van der Waals surface area contributed by atoms with Crippen molar-refractivity contribution >= 4 is 0 Å². The second kappa shape index (κ2) is 5.38. The van der Waals surface area contributed by atoms with Gasteiger partial charge in [0.15, 0.2) is 0 Å². The minimum atomic E-state index is 0.0464. The first-order valence-electron chi connectivity index (χ1n) is 7.86. The predicted molar refractivity (Wildman–Crippen MR) is 84.5 cm³/mol. The molecule has 0 N–H and O–H groups in total. The van der Waals surface area contributed by atoms with Gasteiger partial charge in [-0.1, -0.05) is 41.5 Å². The second-order valence-corrected chi connectivity index (χ2v) is 8.06. The Labute approximate surface area is 124 Å². The Bertz CT molecular complexity index is 459. The van der Waals surface area contributed by atoms with E-state index in [1.54, 1.807) is 0 Å². The molecule has 0 atom stereocenters. The van der Waals surface area contributed by atoms with Crippen LogP contribution in [-0.2, 0) is 10.8 Å². The zero-order valence-electron chi connectivity index (χ0n) is 13.9. The van der Waals surface area contributed by atoms with Crippen LogP contribution >= 0.6 is 0 Å². The summed E-state index contributed by atoms with van der Waals surface area (Å²) >= 11 is 0. The highest BCUT2D eigenvalue weighted by Gasteiger charge is 2.30. The summed E-state index contributed by atoms with van der Waals surface area (Å²) in [4.78, 5) is 4.56. The number of rotatable bonds is 2. The third-order valence-electron chi connectivity index (χ3n) is 4.05. The molecule has 1 heterocycles. The van der Waals surface area contributed by atoms with E-state index in [-0.39, 0.29) is 10.8 Å². The monoisotopic (exact) mass is 275 g/mol. The van der Waals surface area contributed by atoms with Crippen LogP contribution in [0.5, 0.6) is 5.88 Å². The van der Waals surface area contributed by atoms with Gasteiger partial charge in [-0.3, -0.25) is 0 Å². The van der Waals surface area contributed by atoms with Gasteiger partial charge in [0.1, 0.15) is 6.10 Å². The van der Waals surface area contributed by atoms with Gasteiger partial charge >= 0.3 is 0 Å². The normalized spacial score (nSPS) is 17.5. The molecule has 2 heteroatoms. The lowest BCUT2D eigenvalue weighted by Crippen LogP contribution is -2.25. The molecule has 112 valence electrons. The van der Waals surface area contributed by atoms with Crippen molar-refractivity contribution in [1.29, 1.82) is 0 Å². The molecule has 0 saturated heterocycles. The van der Waals surface area contributed by atoms with Crippen molar-refractivity contribution in [3.63, 3.8) is 0 Å². The first kappa shape index (κ1) is 15.3. The maximum Gasteiger partial charge on any atom is 0.217 e. The Morgan fingerprint density at radius 2 is 1.60 bits per heavy atom. The second-order valence-electron chi connectivity index (χ2n) is 8.06. The smallest absolute Gasteiger partial charge is 0.217 e. The highest BCUT2D eigenvalue weighted by Crippen LogP contribution is 2.39. The van der Waals surface area contributed by atoms with E-state index in [0.717, 1.165) is 5.88 Å². The van der Waals surface area contributed by atoms with Crippen molar-refractivity contribution in [2.24, 2.45) is 0 Å². The standard InChI is InChI=1S/C18H29NO/c1-17(2,3)14-11-12-19-16(15(14)18(4,5)6)20-13-9-7-8-10-13/h11-13H,7-10H2,1-6H3. The Morgan fingerprint density at radius 3 is 2.10 bits per heavy atom. The van der Waals surface area contributed by atoms with Gasteiger partial charge in [0.05, 0.1) is 0 Å². The largest absolute Gasteiger partial charge is 0.474 e. The highest BCUT2D eigenvalue weighted by atomic mass is 16.5. The molecule has 0 spiro atoms. The lowest BCUT2D eigenvalue weighted by atomic mass is 9.76. The molecule has 1 fully saturated rings. The van der Waals surface area contributed by atoms with Crippen LogP contribution in [0.25, 0.3) is 0 Å². The minimum Gasteiger partial charge on any atom is -0.474 e. The molecule has 2 nitrogen and oxygen atoms in total. The lowest BCUT2D eigenvalue weighted by molar-refractivity contribution is 0.195. The molecule has 0 radical (unpaired) electrons. The summed E-state index contributed by atoms with van der Waals surface area (Å²) in [5.74, 6) is 0.858. The summed E-state index contributed by atoms with van der Waals surface area (Å²) in [7, 11) is 0. The van der Waals surface area contributed by atoms with Gasteiger partial charge in [-0.25, -0.2) is 4.98 Å². The van der Waals surface area contributed by atoms with Crippen LogP contribution in [0.1, 0.15) is 78.4 Å². The quantitative estimate of drug-likeness (QED) is 0.758. The van der Waals surface area contributed by atoms with Crippen molar-refractivity contribution in [2.45, 2.75) is 84.2 Å². The average Bonchev–Trinajstić information content (AvgIpc) is 2.79. The third kappa shape index (κ3) is 3.34. The summed E-state index contributed by atoms with van der Waals surface area (Å²) in [6.07, 6.45) is 7.18. The van der Waals surface area contributed by atoms with Crippen LogP contribution in [0.3, 0.4) is 0 Å². The van der Waals surface area contributed by atoms with Gasteiger partial charge in [-0.05, 0) is 48.1 Å². The highest BCUT2D eigenvalue weighted by molar-refractivity contribution is 5.43. The molecule has 1 aliphatic rings. The number of aromatic nitrogens is 1. The molecule has 0 unspecified atom stereocenters. The van der Waals surface area contributed by atoms with Crippen LogP contribution in [0.15, 0.2) is 12.3 Å². The van der Waals surface area contributed by atoms with Crippen molar-refractivity contribution < 1.29 is 4.74 Å². The SMILES string of the molecule is CC(C)(C)c1ccnc(OC2CCCC2)c1C(C)(C)C. The number of hydrogen-bond donors (Lipinski definition) is 0.